The molecule has 1 aromatic heterocycles. The fraction of sp³-hybridized carbons (Fsp3) is 0.150. The Morgan fingerprint density at radius 2 is 1.71 bits per heavy atom. The molecule has 28 heavy (non-hydrogen) atoms. The molecular weight excluding hydrogens is 365 g/mol. The lowest BCUT2D eigenvalue weighted by Gasteiger charge is -2.06. The first-order valence-electron chi connectivity index (χ1n) is 8.50. The van der Waals surface area contributed by atoms with Crippen molar-refractivity contribution < 1.29 is 23.2 Å². The minimum atomic E-state index is -0.481. The molecule has 0 saturated carbocycles. The SMILES string of the molecule is COc1ccc(C(=O)NCCNC(=O)c2cc(-c3ccccc3F)on2)cc1. The molecule has 144 valence electrons. The third-order valence-corrected chi connectivity index (χ3v) is 3.93. The number of nitrogens with one attached hydrogen (secondary N) is 2. The molecule has 2 aromatic carbocycles. The molecule has 0 atom stereocenters. The highest BCUT2D eigenvalue weighted by atomic mass is 19.1. The van der Waals surface area contributed by atoms with Gasteiger partial charge in [0.1, 0.15) is 11.6 Å². The van der Waals surface area contributed by atoms with Gasteiger partial charge in [0.15, 0.2) is 11.5 Å². The average Bonchev–Trinajstić information content (AvgIpc) is 3.21. The van der Waals surface area contributed by atoms with Crippen LogP contribution in [-0.2, 0) is 0 Å². The summed E-state index contributed by atoms with van der Waals surface area (Å²) in [5, 5.41) is 8.97. The Morgan fingerprint density at radius 1 is 1.04 bits per heavy atom. The highest BCUT2D eigenvalue weighted by molar-refractivity contribution is 5.94. The minimum Gasteiger partial charge on any atom is -0.497 e. The zero-order valence-corrected chi connectivity index (χ0v) is 15.1. The smallest absolute Gasteiger partial charge is 0.273 e. The van der Waals surface area contributed by atoms with Gasteiger partial charge in [-0.05, 0) is 36.4 Å². The molecule has 8 heteroatoms. The van der Waals surface area contributed by atoms with E-state index in [0.717, 1.165) is 0 Å². The highest BCUT2D eigenvalue weighted by Crippen LogP contribution is 2.23. The van der Waals surface area contributed by atoms with Gasteiger partial charge < -0.3 is 19.9 Å². The van der Waals surface area contributed by atoms with Crippen LogP contribution in [0, 0.1) is 5.82 Å². The van der Waals surface area contributed by atoms with E-state index in [0.29, 0.717) is 11.3 Å². The molecule has 0 spiro atoms. The summed E-state index contributed by atoms with van der Waals surface area (Å²) in [4.78, 5) is 24.1. The second kappa shape index (κ2) is 8.81. The van der Waals surface area contributed by atoms with Gasteiger partial charge in [-0.3, -0.25) is 9.59 Å². The number of nitrogens with zero attached hydrogens (tertiary/aromatic N) is 1. The van der Waals surface area contributed by atoms with E-state index in [4.69, 9.17) is 9.26 Å². The van der Waals surface area contributed by atoms with Crippen molar-refractivity contribution in [3.05, 3.63) is 71.7 Å². The maximum absolute atomic E-state index is 13.8. The van der Waals surface area contributed by atoms with Gasteiger partial charge in [0.25, 0.3) is 11.8 Å². The topological polar surface area (TPSA) is 93.5 Å². The lowest BCUT2D eigenvalue weighted by Crippen LogP contribution is -2.34. The van der Waals surface area contributed by atoms with E-state index in [1.54, 1.807) is 43.5 Å². The van der Waals surface area contributed by atoms with E-state index in [2.05, 4.69) is 15.8 Å². The standard InChI is InChI=1S/C20H18FN3O4/c1-27-14-8-6-13(7-9-14)19(25)22-10-11-23-20(26)17-12-18(28-24-17)15-4-2-3-5-16(15)21/h2-9,12H,10-11H2,1H3,(H,22,25)(H,23,26). The Labute approximate surface area is 160 Å². The summed E-state index contributed by atoms with van der Waals surface area (Å²) in [6.45, 7) is 0.428. The number of benzene rings is 2. The average molecular weight is 383 g/mol. The molecule has 0 unspecified atom stereocenters. The largest absolute Gasteiger partial charge is 0.497 e. The molecule has 0 bridgehead atoms. The number of amides is 2. The third-order valence-electron chi connectivity index (χ3n) is 3.93. The monoisotopic (exact) mass is 383 g/mol. The molecule has 0 saturated heterocycles. The van der Waals surface area contributed by atoms with Crippen LogP contribution in [0.4, 0.5) is 4.39 Å². The van der Waals surface area contributed by atoms with Gasteiger partial charge in [-0.15, -0.1) is 0 Å². The van der Waals surface area contributed by atoms with Crippen molar-refractivity contribution >= 4 is 11.8 Å². The number of carbonyl (C=O) groups is 2. The van der Waals surface area contributed by atoms with Crippen LogP contribution in [0.3, 0.4) is 0 Å². The Kier molecular flexibility index (Phi) is 6.01. The number of carbonyl (C=O) groups excluding carboxylic acids is 2. The zero-order chi connectivity index (χ0) is 19.9. The molecule has 0 aliphatic rings. The molecule has 0 radical (unpaired) electrons. The number of methoxy groups -OCH3 is 1. The fourth-order valence-electron chi connectivity index (χ4n) is 2.46. The van der Waals surface area contributed by atoms with Crippen LogP contribution in [-0.4, -0.2) is 37.2 Å². The summed E-state index contributed by atoms with van der Waals surface area (Å²) in [6, 6.07) is 14.1. The molecule has 0 fully saturated rings. The molecule has 3 aromatic rings. The van der Waals surface area contributed by atoms with Crippen LogP contribution in [0.25, 0.3) is 11.3 Å². The summed E-state index contributed by atoms with van der Waals surface area (Å²) in [6.07, 6.45) is 0. The minimum absolute atomic E-state index is 0.0275. The Bertz CT molecular complexity index is 970. The zero-order valence-electron chi connectivity index (χ0n) is 15.1. The lowest BCUT2D eigenvalue weighted by atomic mass is 10.1. The number of hydrogen-bond acceptors (Lipinski definition) is 5. The van der Waals surface area contributed by atoms with Crippen LogP contribution in [0.15, 0.2) is 59.1 Å². The maximum atomic E-state index is 13.8. The summed E-state index contributed by atoms with van der Waals surface area (Å²) < 4.78 is 23.8. The van der Waals surface area contributed by atoms with Gasteiger partial charge in [-0.1, -0.05) is 17.3 Å². The maximum Gasteiger partial charge on any atom is 0.273 e. The molecular formula is C20H18FN3O4. The number of hydrogen-bond donors (Lipinski definition) is 2. The first kappa shape index (κ1) is 19.1. The molecule has 0 aliphatic carbocycles. The number of ether oxygens (including phenoxy) is 1. The highest BCUT2D eigenvalue weighted by Gasteiger charge is 2.15. The van der Waals surface area contributed by atoms with Gasteiger partial charge in [-0.2, -0.15) is 0 Å². The predicted octanol–water partition coefficient (Wildman–Crippen LogP) is 2.65. The van der Waals surface area contributed by atoms with Crippen LogP contribution in [0.5, 0.6) is 5.75 Å². The van der Waals surface area contributed by atoms with E-state index >= 15 is 0 Å². The quantitative estimate of drug-likeness (QED) is 0.612. The van der Waals surface area contributed by atoms with Crippen molar-refractivity contribution in [1.29, 1.82) is 0 Å². The molecule has 7 nitrogen and oxygen atoms in total. The summed E-state index contributed by atoms with van der Waals surface area (Å²) in [5.41, 5.74) is 0.735. The van der Waals surface area contributed by atoms with Crippen molar-refractivity contribution in [3.63, 3.8) is 0 Å². The first-order valence-corrected chi connectivity index (χ1v) is 8.50. The number of halogens is 1. The van der Waals surface area contributed by atoms with E-state index in [9.17, 15) is 14.0 Å². The van der Waals surface area contributed by atoms with Crippen molar-refractivity contribution in [1.82, 2.24) is 15.8 Å². The fourth-order valence-corrected chi connectivity index (χ4v) is 2.46. The van der Waals surface area contributed by atoms with Crippen LogP contribution in [0.2, 0.25) is 0 Å². The normalized spacial score (nSPS) is 10.4. The van der Waals surface area contributed by atoms with Crippen molar-refractivity contribution in [2.75, 3.05) is 20.2 Å². The van der Waals surface area contributed by atoms with E-state index < -0.39 is 11.7 Å². The van der Waals surface area contributed by atoms with Crippen molar-refractivity contribution in [2.24, 2.45) is 0 Å². The van der Waals surface area contributed by atoms with Crippen molar-refractivity contribution in [3.8, 4) is 17.1 Å². The number of aromatic nitrogens is 1. The van der Waals surface area contributed by atoms with E-state index in [1.165, 1.54) is 18.2 Å². The molecule has 2 amide bonds. The van der Waals surface area contributed by atoms with Crippen LogP contribution in [0.1, 0.15) is 20.8 Å². The molecule has 3 rings (SSSR count). The second-order valence-electron chi connectivity index (χ2n) is 5.80. The lowest BCUT2D eigenvalue weighted by molar-refractivity contribution is 0.0922. The van der Waals surface area contributed by atoms with Crippen molar-refractivity contribution in [2.45, 2.75) is 0 Å². The Balaban J connectivity index is 1.48. The first-order chi connectivity index (χ1) is 13.6. The third kappa shape index (κ3) is 4.53. The summed E-state index contributed by atoms with van der Waals surface area (Å²) in [5.74, 6) is -0.390. The van der Waals surface area contributed by atoms with Gasteiger partial charge in [0, 0.05) is 24.7 Å². The van der Waals surface area contributed by atoms with Crippen LogP contribution >= 0.6 is 0 Å². The summed E-state index contributed by atoms with van der Waals surface area (Å²) >= 11 is 0. The summed E-state index contributed by atoms with van der Waals surface area (Å²) in [7, 11) is 1.55. The molecule has 0 aliphatic heterocycles. The number of rotatable bonds is 7. The van der Waals surface area contributed by atoms with Gasteiger partial charge in [-0.25, -0.2) is 4.39 Å². The van der Waals surface area contributed by atoms with E-state index in [1.807, 2.05) is 0 Å². The Morgan fingerprint density at radius 3 is 2.39 bits per heavy atom. The van der Waals surface area contributed by atoms with Gasteiger partial charge in [0.05, 0.1) is 12.7 Å². The predicted molar refractivity (Wildman–Crippen MR) is 99.6 cm³/mol. The Hall–Kier alpha value is -3.68. The van der Waals surface area contributed by atoms with Gasteiger partial charge in [0.2, 0.25) is 0 Å². The van der Waals surface area contributed by atoms with E-state index in [-0.39, 0.29) is 36.0 Å². The second-order valence-corrected chi connectivity index (χ2v) is 5.80. The molecule has 1 heterocycles. The molecule has 2 N–H and O–H groups in total. The van der Waals surface area contributed by atoms with Gasteiger partial charge >= 0.3 is 0 Å². The van der Waals surface area contributed by atoms with Crippen LogP contribution < -0.4 is 15.4 Å².